The van der Waals surface area contributed by atoms with E-state index in [1.165, 1.54) is 10.9 Å². The number of likely N-dealkylation sites (N-methyl/N-ethyl adjacent to an activating group) is 1. The molecule has 1 unspecified atom stereocenters. The summed E-state index contributed by atoms with van der Waals surface area (Å²) >= 11 is 0. The van der Waals surface area contributed by atoms with Crippen LogP contribution < -0.4 is 10.1 Å². The smallest absolute Gasteiger partial charge is 0.119 e. The molecule has 1 N–H and O–H groups in total. The topological polar surface area (TPSA) is 34.1 Å². The van der Waals surface area contributed by atoms with Crippen LogP contribution in [-0.4, -0.2) is 18.6 Å². The van der Waals surface area contributed by atoms with Gasteiger partial charge in [-0.05, 0) is 36.2 Å². The van der Waals surface area contributed by atoms with Crippen molar-refractivity contribution in [2.45, 2.75) is 6.04 Å². The molecule has 1 atom stereocenters. The summed E-state index contributed by atoms with van der Waals surface area (Å²) < 4.78 is 5.88. The van der Waals surface area contributed by atoms with E-state index in [0.717, 1.165) is 11.1 Å². The molecule has 0 aliphatic heterocycles. The number of ether oxygens (including phenoxy) is 1. The second-order valence-corrected chi connectivity index (χ2v) is 4.91. The van der Waals surface area contributed by atoms with Crippen molar-refractivity contribution in [1.29, 1.82) is 0 Å². The molecule has 2 aromatic carbocycles. The van der Waals surface area contributed by atoms with Crippen molar-refractivity contribution in [3.63, 3.8) is 0 Å². The van der Waals surface area contributed by atoms with Gasteiger partial charge in [-0.25, -0.2) is 0 Å². The lowest BCUT2D eigenvalue weighted by Crippen LogP contribution is -2.23. The Kier molecular flexibility index (Phi) is 4.12. The SMILES string of the molecule is CNC(COc1ccccc1)c1cccc2cnccc12. The maximum absolute atomic E-state index is 5.88. The van der Waals surface area contributed by atoms with E-state index in [9.17, 15) is 0 Å². The Morgan fingerprint density at radius 2 is 1.90 bits per heavy atom. The van der Waals surface area contributed by atoms with Crippen LogP contribution in [0.1, 0.15) is 11.6 Å². The van der Waals surface area contributed by atoms with Gasteiger partial charge in [0.1, 0.15) is 12.4 Å². The zero-order valence-electron chi connectivity index (χ0n) is 12.0. The van der Waals surface area contributed by atoms with E-state index >= 15 is 0 Å². The first kappa shape index (κ1) is 13.6. The number of para-hydroxylation sites is 1. The van der Waals surface area contributed by atoms with Crippen LogP contribution >= 0.6 is 0 Å². The van der Waals surface area contributed by atoms with Crippen LogP contribution in [0, 0.1) is 0 Å². The third kappa shape index (κ3) is 3.03. The van der Waals surface area contributed by atoms with Crippen LogP contribution in [-0.2, 0) is 0 Å². The molecule has 3 heteroatoms. The number of benzene rings is 2. The van der Waals surface area contributed by atoms with Gasteiger partial charge in [0, 0.05) is 17.8 Å². The summed E-state index contributed by atoms with van der Waals surface area (Å²) in [5.74, 6) is 0.889. The zero-order valence-corrected chi connectivity index (χ0v) is 12.0. The van der Waals surface area contributed by atoms with Gasteiger partial charge >= 0.3 is 0 Å². The number of fused-ring (bicyclic) bond motifs is 1. The quantitative estimate of drug-likeness (QED) is 0.774. The molecule has 0 aliphatic carbocycles. The van der Waals surface area contributed by atoms with E-state index in [-0.39, 0.29) is 6.04 Å². The van der Waals surface area contributed by atoms with Crippen molar-refractivity contribution in [3.8, 4) is 5.75 Å². The molecule has 0 amide bonds. The van der Waals surface area contributed by atoms with Gasteiger partial charge in [-0.3, -0.25) is 4.98 Å². The number of nitrogens with one attached hydrogen (secondary N) is 1. The lowest BCUT2D eigenvalue weighted by Gasteiger charge is -2.19. The maximum atomic E-state index is 5.88. The molecular formula is C18H18N2O. The number of hydrogen-bond donors (Lipinski definition) is 1. The van der Waals surface area contributed by atoms with Gasteiger partial charge in [0.15, 0.2) is 0 Å². The van der Waals surface area contributed by atoms with E-state index in [4.69, 9.17) is 4.74 Å². The van der Waals surface area contributed by atoms with E-state index < -0.39 is 0 Å². The molecule has 1 heterocycles. The molecule has 0 radical (unpaired) electrons. The predicted octanol–water partition coefficient (Wildman–Crippen LogP) is 3.57. The normalized spacial score (nSPS) is 12.2. The van der Waals surface area contributed by atoms with Crippen molar-refractivity contribution in [3.05, 3.63) is 72.6 Å². The van der Waals surface area contributed by atoms with Gasteiger partial charge in [-0.15, -0.1) is 0 Å². The van der Waals surface area contributed by atoms with E-state index in [1.54, 1.807) is 0 Å². The van der Waals surface area contributed by atoms with E-state index in [0.29, 0.717) is 6.61 Å². The number of aromatic nitrogens is 1. The summed E-state index contributed by atoms with van der Waals surface area (Å²) in [6, 6.07) is 18.4. The van der Waals surface area contributed by atoms with Crippen LogP contribution in [0.4, 0.5) is 0 Å². The Hall–Kier alpha value is -2.39. The second kappa shape index (κ2) is 6.37. The highest BCUT2D eigenvalue weighted by Gasteiger charge is 2.13. The number of nitrogens with zero attached hydrogens (tertiary/aromatic N) is 1. The van der Waals surface area contributed by atoms with Crippen molar-refractivity contribution in [2.24, 2.45) is 0 Å². The fourth-order valence-electron chi connectivity index (χ4n) is 2.48. The lowest BCUT2D eigenvalue weighted by atomic mass is 10.0. The van der Waals surface area contributed by atoms with Gasteiger partial charge in [0.25, 0.3) is 0 Å². The molecule has 0 fully saturated rings. The summed E-state index contributed by atoms with van der Waals surface area (Å²) in [4.78, 5) is 4.18. The van der Waals surface area contributed by atoms with Crippen LogP contribution in [0.3, 0.4) is 0 Å². The molecular weight excluding hydrogens is 260 g/mol. The van der Waals surface area contributed by atoms with Gasteiger partial charge in [0.2, 0.25) is 0 Å². The number of pyridine rings is 1. The van der Waals surface area contributed by atoms with Crippen LogP contribution in [0.5, 0.6) is 5.75 Å². The molecule has 0 bridgehead atoms. The van der Waals surface area contributed by atoms with Crippen molar-refractivity contribution in [2.75, 3.05) is 13.7 Å². The monoisotopic (exact) mass is 278 g/mol. The Labute approximate surface area is 124 Å². The second-order valence-electron chi connectivity index (χ2n) is 4.91. The third-order valence-corrected chi connectivity index (χ3v) is 3.60. The molecule has 0 aliphatic rings. The maximum Gasteiger partial charge on any atom is 0.119 e. The summed E-state index contributed by atoms with van der Waals surface area (Å²) in [6.07, 6.45) is 3.72. The fourth-order valence-corrected chi connectivity index (χ4v) is 2.48. The largest absolute Gasteiger partial charge is 0.492 e. The molecule has 106 valence electrons. The Balaban J connectivity index is 1.85. The lowest BCUT2D eigenvalue weighted by molar-refractivity contribution is 0.274. The highest BCUT2D eigenvalue weighted by Crippen LogP contribution is 2.24. The minimum absolute atomic E-state index is 0.135. The first-order chi connectivity index (χ1) is 10.4. The Bertz CT molecular complexity index is 707. The molecule has 3 rings (SSSR count). The summed E-state index contributed by atoms with van der Waals surface area (Å²) in [5, 5.41) is 5.70. The predicted molar refractivity (Wildman–Crippen MR) is 85.5 cm³/mol. The average Bonchev–Trinajstić information content (AvgIpc) is 2.56. The first-order valence-electron chi connectivity index (χ1n) is 7.06. The molecule has 3 aromatic rings. The van der Waals surface area contributed by atoms with Crippen molar-refractivity contribution >= 4 is 10.8 Å². The molecule has 21 heavy (non-hydrogen) atoms. The van der Waals surface area contributed by atoms with Crippen LogP contribution in [0.25, 0.3) is 10.8 Å². The Morgan fingerprint density at radius 1 is 1.05 bits per heavy atom. The minimum atomic E-state index is 0.135. The molecule has 0 spiro atoms. The molecule has 0 saturated heterocycles. The Morgan fingerprint density at radius 3 is 2.71 bits per heavy atom. The molecule has 0 saturated carbocycles. The summed E-state index contributed by atoms with van der Waals surface area (Å²) in [7, 11) is 1.96. The highest BCUT2D eigenvalue weighted by atomic mass is 16.5. The third-order valence-electron chi connectivity index (χ3n) is 3.60. The number of hydrogen-bond acceptors (Lipinski definition) is 3. The van der Waals surface area contributed by atoms with Gasteiger partial charge < -0.3 is 10.1 Å². The summed E-state index contributed by atoms with van der Waals surface area (Å²) in [6.45, 7) is 0.585. The fraction of sp³-hybridized carbons (Fsp3) is 0.167. The zero-order chi connectivity index (χ0) is 14.5. The average molecular weight is 278 g/mol. The standard InChI is InChI=1S/C18H18N2O/c1-19-18(13-21-15-7-3-2-4-8-15)17-9-5-6-14-12-20-11-10-16(14)17/h2-12,18-19H,13H2,1H3. The number of rotatable bonds is 5. The van der Waals surface area contributed by atoms with Crippen molar-refractivity contribution in [1.82, 2.24) is 10.3 Å². The van der Waals surface area contributed by atoms with Gasteiger partial charge in [0.05, 0.1) is 6.04 Å². The molecule has 3 nitrogen and oxygen atoms in total. The van der Waals surface area contributed by atoms with E-state index in [1.807, 2.05) is 49.8 Å². The highest BCUT2D eigenvalue weighted by molar-refractivity contribution is 5.85. The van der Waals surface area contributed by atoms with Crippen LogP contribution in [0.15, 0.2) is 67.0 Å². The van der Waals surface area contributed by atoms with Crippen LogP contribution in [0.2, 0.25) is 0 Å². The van der Waals surface area contributed by atoms with Gasteiger partial charge in [-0.2, -0.15) is 0 Å². The van der Waals surface area contributed by atoms with Crippen molar-refractivity contribution < 1.29 is 4.74 Å². The van der Waals surface area contributed by atoms with Gasteiger partial charge in [-0.1, -0.05) is 36.4 Å². The summed E-state index contributed by atoms with van der Waals surface area (Å²) in [5.41, 5.74) is 1.23. The molecule has 1 aromatic heterocycles. The van der Waals surface area contributed by atoms with E-state index in [2.05, 4.69) is 34.6 Å². The minimum Gasteiger partial charge on any atom is -0.492 e. The first-order valence-corrected chi connectivity index (χ1v) is 7.06.